The number of benzene rings is 1. The SMILES string of the molecule is Cc1cc(C(=O)CN2C(=O)NC(C)(c3ccccn3)C2=O)c(C)n1-c1ccc(F)c(Cl)c1. The number of pyridine rings is 1. The molecule has 1 aliphatic rings. The number of ketones is 1. The first kappa shape index (κ1) is 21.7. The zero-order valence-electron chi connectivity index (χ0n) is 17.6. The second-order valence-electron chi connectivity index (χ2n) is 7.80. The van der Waals surface area contributed by atoms with E-state index in [1.54, 1.807) is 55.7 Å². The Balaban J connectivity index is 1.62. The van der Waals surface area contributed by atoms with Gasteiger partial charge in [-0.2, -0.15) is 0 Å². The summed E-state index contributed by atoms with van der Waals surface area (Å²) in [7, 11) is 0. The fraction of sp³-hybridized carbons (Fsp3) is 0.217. The Morgan fingerprint density at radius 2 is 1.94 bits per heavy atom. The Morgan fingerprint density at radius 1 is 1.19 bits per heavy atom. The quantitative estimate of drug-likeness (QED) is 0.467. The number of carbonyl (C=O) groups excluding carboxylic acids is 3. The van der Waals surface area contributed by atoms with E-state index in [9.17, 15) is 18.8 Å². The van der Waals surface area contributed by atoms with E-state index in [4.69, 9.17) is 11.6 Å². The standard InChI is InChI=1S/C23H20ClFN4O3/c1-13-10-16(14(2)29(13)15-7-8-18(25)17(24)11-15)19(30)12-28-21(31)23(3,27-22(28)32)20-6-4-5-9-26-20/h4-11H,12H2,1-3H3,(H,27,32). The molecule has 164 valence electrons. The molecule has 7 nitrogen and oxygen atoms in total. The van der Waals surface area contributed by atoms with Gasteiger partial charge in [-0.15, -0.1) is 0 Å². The number of carbonyl (C=O) groups is 3. The summed E-state index contributed by atoms with van der Waals surface area (Å²) < 4.78 is 15.3. The number of aromatic nitrogens is 2. The third-order valence-electron chi connectivity index (χ3n) is 5.65. The van der Waals surface area contributed by atoms with Crippen molar-refractivity contribution in [3.05, 3.63) is 82.1 Å². The number of aryl methyl sites for hydroxylation is 1. The zero-order valence-corrected chi connectivity index (χ0v) is 18.4. The molecule has 3 amide bonds. The lowest BCUT2D eigenvalue weighted by Crippen LogP contribution is -2.42. The Labute approximate surface area is 188 Å². The molecule has 0 radical (unpaired) electrons. The molecule has 1 atom stereocenters. The molecule has 2 aromatic heterocycles. The normalized spacial score (nSPS) is 18.2. The van der Waals surface area contributed by atoms with Crippen molar-refractivity contribution in [3.63, 3.8) is 0 Å². The van der Waals surface area contributed by atoms with Crippen LogP contribution in [0.4, 0.5) is 9.18 Å². The third kappa shape index (κ3) is 3.46. The van der Waals surface area contributed by atoms with E-state index in [1.165, 1.54) is 18.3 Å². The van der Waals surface area contributed by atoms with Crippen molar-refractivity contribution in [2.75, 3.05) is 6.54 Å². The molecular formula is C23H20ClFN4O3. The second-order valence-corrected chi connectivity index (χ2v) is 8.21. The number of nitrogens with zero attached hydrogens (tertiary/aromatic N) is 3. The van der Waals surface area contributed by atoms with Crippen molar-refractivity contribution in [1.29, 1.82) is 0 Å². The summed E-state index contributed by atoms with van der Waals surface area (Å²) in [4.78, 5) is 43.8. The largest absolute Gasteiger partial charge is 0.325 e. The number of urea groups is 1. The maximum Gasteiger partial charge on any atom is 0.325 e. The van der Waals surface area contributed by atoms with E-state index in [0.29, 0.717) is 22.6 Å². The average molecular weight is 455 g/mol. The maximum atomic E-state index is 13.6. The van der Waals surface area contributed by atoms with E-state index < -0.39 is 35.6 Å². The van der Waals surface area contributed by atoms with E-state index in [1.807, 2.05) is 0 Å². The highest BCUT2D eigenvalue weighted by atomic mass is 35.5. The first-order valence-electron chi connectivity index (χ1n) is 9.86. The van der Waals surface area contributed by atoms with Crippen LogP contribution in [0, 0.1) is 19.7 Å². The summed E-state index contributed by atoms with van der Waals surface area (Å²) in [5, 5.41) is 2.61. The Morgan fingerprint density at radius 3 is 2.59 bits per heavy atom. The molecular weight excluding hydrogens is 435 g/mol. The van der Waals surface area contributed by atoms with Crippen LogP contribution >= 0.6 is 11.6 Å². The summed E-state index contributed by atoms with van der Waals surface area (Å²) >= 11 is 5.91. The fourth-order valence-corrected chi connectivity index (χ4v) is 4.14. The van der Waals surface area contributed by atoms with Crippen molar-refractivity contribution in [2.24, 2.45) is 0 Å². The number of imide groups is 1. The summed E-state index contributed by atoms with van der Waals surface area (Å²) in [6.07, 6.45) is 1.53. The third-order valence-corrected chi connectivity index (χ3v) is 5.94. The van der Waals surface area contributed by atoms with Gasteiger partial charge in [0.05, 0.1) is 17.3 Å². The number of hydrogen-bond donors (Lipinski definition) is 1. The van der Waals surface area contributed by atoms with Crippen LogP contribution in [0.15, 0.2) is 48.7 Å². The van der Waals surface area contributed by atoms with Crippen LogP contribution in [0.2, 0.25) is 5.02 Å². The Kier molecular flexibility index (Phi) is 5.34. The second kappa shape index (κ2) is 7.87. The lowest BCUT2D eigenvalue weighted by Gasteiger charge is -2.20. The van der Waals surface area contributed by atoms with Gasteiger partial charge in [-0.1, -0.05) is 17.7 Å². The van der Waals surface area contributed by atoms with Gasteiger partial charge in [0.25, 0.3) is 5.91 Å². The van der Waals surface area contributed by atoms with Crippen LogP contribution in [-0.2, 0) is 10.3 Å². The molecule has 1 aromatic carbocycles. The van der Waals surface area contributed by atoms with E-state index >= 15 is 0 Å². The van der Waals surface area contributed by atoms with Gasteiger partial charge in [0.15, 0.2) is 11.3 Å². The molecule has 0 aliphatic carbocycles. The summed E-state index contributed by atoms with van der Waals surface area (Å²) in [6, 6.07) is 10.4. The van der Waals surface area contributed by atoms with Gasteiger partial charge in [-0.05, 0) is 57.2 Å². The minimum Gasteiger partial charge on any atom is -0.318 e. The minimum atomic E-state index is -1.35. The molecule has 1 aliphatic heterocycles. The van der Waals surface area contributed by atoms with Gasteiger partial charge in [-0.3, -0.25) is 19.5 Å². The summed E-state index contributed by atoms with van der Waals surface area (Å²) in [5.74, 6) is -1.48. The van der Waals surface area contributed by atoms with Crippen LogP contribution in [0.3, 0.4) is 0 Å². The number of hydrogen-bond acceptors (Lipinski definition) is 4. The molecule has 4 rings (SSSR count). The van der Waals surface area contributed by atoms with Gasteiger partial charge < -0.3 is 9.88 Å². The molecule has 0 spiro atoms. The molecule has 3 heterocycles. The van der Waals surface area contributed by atoms with Gasteiger partial charge in [0, 0.05) is 28.8 Å². The topological polar surface area (TPSA) is 84.3 Å². The predicted molar refractivity (Wildman–Crippen MR) is 116 cm³/mol. The highest BCUT2D eigenvalue weighted by Gasteiger charge is 2.50. The van der Waals surface area contributed by atoms with Crippen molar-refractivity contribution in [2.45, 2.75) is 26.3 Å². The maximum absolute atomic E-state index is 13.6. The van der Waals surface area contributed by atoms with Gasteiger partial charge in [-0.25, -0.2) is 9.18 Å². The average Bonchev–Trinajstić information content (AvgIpc) is 3.18. The van der Waals surface area contributed by atoms with E-state index in [2.05, 4.69) is 10.3 Å². The van der Waals surface area contributed by atoms with Crippen LogP contribution in [0.1, 0.15) is 34.4 Å². The van der Waals surface area contributed by atoms with Gasteiger partial charge >= 0.3 is 6.03 Å². The van der Waals surface area contributed by atoms with Crippen LogP contribution < -0.4 is 5.32 Å². The molecule has 3 aromatic rings. The van der Waals surface area contributed by atoms with Crippen LogP contribution in [0.25, 0.3) is 5.69 Å². The molecule has 1 unspecified atom stereocenters. The van der Waals surface area contributed by atoms with Gasteiger partial charge in [0.2, 0.25) is 0 Å². The number of halogens is 2. The van der Waals surface area contributed by atoms with Crippen LogP contribution in [0.5, 0.6) is 0 Å². The predicted octanol–water partition coefficient (Wildman–Crippen LogP) is 3.93. The fourth-order valence-electron chi connectivity index (χ4n) is 3.97. The number of rotatable bonds is 5. The van der Waals surface area contributed by atoms with Crippen molar-refractivity contribution in [1.82, 2.24) is 19.8 Å². The first-order valence-corrected chi connectivity index (χ1v) is 10.2. The molecule has 9 heteroatoms. The monoisotopic (exact) mass is 454 g/mol. The zero-order chi connectivity index (χ0) is 23.2. The van der Waals surface area contributed by atoms with Crippen LogP contribution in [-0.4, -0.2) is 38.7 Å². The lowest BCUT2D eigenvalue weighted by atomic mass is 9.97. The molecule has 1 saturated heterocycles. The highest BCUT2D eigenvalue weighted by Crippen LogP contribution is 2.29. The summed E-state index contributed by atoms with van der Waals surface area (Å²) in [5.41, 5.74) is 1.32. The number of Topliss-reactive ketones (excluding diaryl/α,β-unsaturated/α-hetero) is 1. The highest BCUT2D eigenvalue weighted by molar-refractivity contribution is 6.30. The Hall–Kier alpha value is -3.52. The molecule has 0 saturated carbocycles. The molecule has 32 heavy (non-hydrogen) atoms. The van der Waals surface area contributed by atoms with E-state index in [0.717, 1.165) is 10.6 Å². The first-order chi connectivity index (χ1) is 15.1. The van der Waals surface area contributed by atoms with Gasteiger partial charge in [0.1, 0.15) is 5.82 Å². The van der Waals surface area contributed by atoms with Crippen molar-refractivity contribution in [3.8, 4) is 5.69 Å². The van der Waals surface area contributed by atoms with Crippen molar-refractivity contribution >= 4 is 29.3 Å². The minimum absolute atomic E-state index is 0.0315. The number of amides is 3. The Bertz CT molecular complexity index is 1260. The molecule has 1 N–H and O–H groups in total. The van der Waals surface area contributed by atoms with E-state index in [-0.39, 0.29) is 5.02 Å². The molecule has 1 fully saturated rings. The smallest absolute Gasteiger partial charge is 0.318 e. The van der Waals surface area contributed by atoms with Crippen molar-refractivity contribution < 1.29 is 18.8 Å². The number of nitrogens with one attached hydrogen (secondary N) is 1. The lowest BCUT2D eigenvalue weighted by molar-refractivity contribution is -0.130. The molecule has 0 bridgehead atoms. The summed E-state index contributed by atoms with van der Waals surface area (Å²) in [6.45, 7) is 4.68.